The molecule has 0 bridgehead atoms. The summed E-state index contributed by atoms with van der Waals surface area (Å²) in [5.41, 5.74) is 11.2. The van der Waals surface area contributed by atoms with E-state index in [4.69, 9.17) is 17.4 Å². The Labute approximate surface area is 194 Å². The van der Waals surface area contributed by atoms with Gasteiger partial charge in [-0.1, -0.05) is 67.2 Å². The molecule has 0 atom stereocenters. The van der Waals surface area contributed by atoms with Crippen LogP contribution in [0.3, 0.4) is 0 Å². The molecule has 166 valence electrons. The van der Waals surface area contributed by atoms with Gasteiger partial charge in [-0.3, -0.25) is 0 Å². The maximum absolute atomic E-state index is 6.51. The lowest BCUT2D eigenvalue weighted by molar-refractivity contribution is 0.726. The smallest absolute Gasteiger partial charge is 0.128 e. The number of aryl methyl sites for hydroxylation is 2. The van der Waals surface area contributed by atoms with Crippen molar-refractivity contribution < 1.29 is 0 Å². The van der Waals surface area contributed by atoms with Gasteiger partial charge in [0.25, 0.3) is 0 Å². The van der Waals surface area contributed by atoms with E-state index in [1.54, 1.807) is 4.68 Å². The van der Waals surface area contributed by atoms with Gasteiger partial charge in [0.05, 0.1) is 17.2 Å². The van der Waals surface area contributed by atoms with Crippen molar-refractivity contribution in [3.8, 4) is 0 Å². The molecule has 5 N–H and O–H groups in total. The van der Waals surface area contributed by atoms with Crippen molar-refractivity contribution in [3.63, 3.8) is 0 Å². The Hall–Kier alpha value is -3.15. The highest BCUT2D eigenvalue weighted by Gasteiger charge is 2.18. The molecule has 0 fully saturated rings. The molecule has 0 amide bonds. The summed E-state index contributed by atoms with van der Waals surface area (Å²) in [6.07, 6.45) is 4.20. The lowest BCUT2D eigenvalue weighted by Gasteiger charge is -2.12. The summed E-state index contributed by atoms with van der Waals surface area (Å²) in [6.45, 7) is 4.13. The molecular formula is C26H30ClN5. The van der Waals surface area contributed by atoms with E-state index in [1.807, 2.05) is 19.2 Å². The lowest BCUT2D eigenvalue weighted by Crippen LogP contribution is -2.28. The van der Waals surface area contributed by atoms with Gasteiger partial charge in [-0.25, -0.2) is 10.1 Å². The van der Waals surface area contributed by atoms with E-state index in [0.717, 1.165) is 53.7 Å². The van der Waals surface area contributed by atoms with Crippen molar-refractivity contribution >= 4 is 44.8 Å². The molecule has 0 radical (unpaired) electrons. The largest absolute Gasteiger partial charge is 0.373 e. The van der Waals surface area contributed by atoms with Crippen LogP contribution < -0.4 is 22.0 Å². The summed E-state index contributed by atoms with van der Waals surface area (Å²) in [6, 6.07) is 21.6. The highest BCUT2D eigenvalue weighted by molar-refractivity contribution is 6.17. The number of nitrogens with two attached hydrogens (primary N) is 1. The molecule has 6 heteroatoms. The Bertz CT molecular complexity index is 1240. The number of nitrogen functional groups attached to an aromatic ring is 1. The Kier molecular flexibility index (Phi) is 6.88. The molecule has 0 unspecified atom stereocenters. The van der Waals surface area contributed by atoms with Crippen molar-refractivity contribution in [2.75, 3.05) is 24.2 Å². The first-order chi connectivity index (χ1) is 15.7. The number of para-hydroxylation sites is 1. The van der Waals surface area contributed by atoms with Crippen molar-refractivity contribution in [2.45, 2.75) is 25.7 Å². The number of aromatic nitrogens is 1. The van der Waals surface area contributed by atoms with Gasteiger partial charge in [0.15, 0.2) is 0 Å². The number of unbranched alkanes of at least 4 members (excludes halogenated alkanes) is 1. The molecular weight excluding hydrogens is 418 g/mol. The molecule has 3 aromatic carbocycles. The number of benzene rings is 3. The SMILES string of the molecule is C=C(NNCCl)c1cccc2c(CCCCc3cccc4ccccc34)c(NC)n(N)c12. The molecule has 0 spiro atoms. The number of nitrogens with one attached hydrogen (secondary N) is 3. The minimum Gasteiger partial charge on any atom is -0.373 e. The monoisotopic (exact) mass is 447 g/mol. The fourth-order valence-electron chi connectivity index (χ4n) is 4.53. The summed E-state index contributed by atoms with van der Waals surface area (Å²) in [7, 11) is 1.92. The zero-order chi connectivity index (χ0) is 22.5. The number of hydrogen-bond donors (Lipinski definition) is 4. The number of anilines is 1. The normalized spacial score (nSPS) is 11.2. The van der Waals surface area contributed by atoms with E-state index in [1.165, 1.54) is 21.9 Å². The Balaban J connectivity index is 1.54. The second-order valence-electron chi connectivity index (χ2n) is 7.91. The Morgan fingerprint density at radius 3 is 2.50 bits per heavy atom. The third-order valence-corrected chi connectivity index (χ3v) is 6.13. The summed E-state index contributed by atoms with van der Waals surface area (Å²) in [5.74, 6) is 7.45. The number of rotatable bonds is 10. The number of fused-ring (bicyclic) bond motifs is 2. The fourth-order valence-corrected chi connectivity index (χ4v) is 4.60. The number of hydrazine groups is 1. The topological polar surface area (TPSA) is 67.0 Å². The van der Waals surface area contributed by atoms with Crippen LogP contribution in [0.25, 0.3) is 27.4 Å². The molecule has 32 heavy (non-hydrogen) atoms. The van der Waals surface area contributed by atoms with Crippen molar-refractivity contribution in [3.05, 3.63) is 83.9 Å². The first-order valence-corrected chi connectivity index (χ1v) is 11.5. The maximum Gasteiger partial charge on any atom is 0.128 e. The molecule has 0 saturated carbocycles. The van der Waals surface area contributed by atoms with Crippen LogP contribution in [0.1, 0.15) is 29.5 Å². The predicted molar refractivity (Wildman–Crippen MR) is 138 cm³/mol. The zero-order valence-corrected chi connectivity index (χ0v) is 19.2. The van der Waals surface area contributed by atoms with Gasteiger partial charge >= 0.3 is 0 Å². The summed E-state index contributed by atoms with van der Waals surface area (Å²) in [5, 5.41) is 7.10. The van der Waals surface area contributed by atoms with Crippen LogP contribution in [-0.2, 0) is 12.8 Å². The lowest BCUT2D eigenvalue weighted by atomic mass is 9.98. The second kappa shape index (κ2) is 9.98. The second-order valence-corrected chi connectivity index (χ2v) is 8.18. The van der Waals surface area contributed by atoms with E-state index in [0.29, 0.717) is 0 Å². The number of hydrogen-bond acceptors (Lipinski definition) is 4. The van der Waals surface area contributed by atoms with Gasteiger partial charge < -0.3 is 16.6 Å². The van der Waals surface area contributed by atoms with Crippen LogP contribution in [0.2, 0.25) is 0 Å². The third-order valence-electron chi connectivity index (χ3n) is 6.00. The van der Waals surface area contributed by atoms with E-state index in [9.17, 15) is 0 Å². The van der Waals surface area contributed by atoms with Crippen molar-refractivity contribution in [1.82, 2.24) is 15.5 Å². The van der Waals surface area contributed by atoms with Gasteiger partial charge in [-0.2, -0.15) is 0 Å². The standard InChI is InChI=1S/C26H30ClN5/c1-18(31-30-17-27)21-15-8-16-23-24(26(29-2)32(28)25(21)23)14-6-4-10-20-12-7-11-19-9-3-5-13-22(19)20/h3,5,7-9,11-13,15-16,29-31H,1,4,6,10,14,17,28H2,2H3. The van der Waals surface area contributed by atoms with Crippen LogP contribution in [-0.4, -0.2) is 17.7 Å². The fraction of sp³-hybridized carbons (Fsp3) is 0.231. The summed E-state index contributed by atoms with van der Waals surface area (Å²) < 4.78 is 1.73. The average molecular weight is 448 g/mol. The van der Waals surface area contributed by atoms with E-state index < -0.39 is 0 Å². The van der Waals surface area contributed by atoms with Crippen LogP contribution in [0, 0.1) is 0 Å². The Morgan fingerprint density at radius 2 is 1.69 bits per heavy atom. The van der Waals surface area contributed by atoms with Gasteiger partial charge in [-0.05, 0) is 42.0 Å². The molecule has 0 aliphatic rings. The first kappa shape index (κ1) is 22.1. The molecule has 1 heterocycles. The highest BCUT2D eigenvalue weighted by Crippen LogP contribution is 2.33. The van der Waals surface area contributed by atoms with Gasteiger partial charge in [0.1, 0.15) is 5.82 Å². The maximum atomic E-state index is 6.51. The van der Waals surface area contributed by atoms with Crippen molar-refractivity contribution in [2.24, 2.45) is 0 Å². The molecule has 4 aromatic rings. The van der Waals surface area contributed by atoms with Crippen LogP contribution in [0.15, 0.2) is 67.2 Å². The van der Waals surface area contributed by atoms with Crippen LogP contribution in [0.5, 0.6) is 0 Å². The van der Waals surface area contributed by atoms with Crippen molar-refractivity contribution in [1.29, 1.82) is 0 Å². The number of alkyl halides is 1. The minimum absolute atomic E-state index is 0.280. The number of halogens is 1. The van der Waals surface area contributed by atoms with E-state index >= 15 is 0 Å². The molecule has 0 aliphatic carbocycles. The molecule has 4 rings (SSSR count). The molecule has 0 saturated heterocycles. The predicted octanol–water partition coefficient (Wildman–Crippen LogP) is 5.38. The average Bonchev–Trinajstić information content (AvgIpc) is 3.11. The van der Waals surface area contributed by atoms with Gasteiger partial charge in [0.2, 0.25) is 0 Å². The van der Waals surface area contributed by atoms with Gasteiger partial charge in [-0.15, -0.1) is 11.6 Å². The van der Waals surface area contributed by atoms with Crippen LogP contribution >= 0.6 is 11.6 Å². The Morgan fingerprint density at radius 1 is 0.969 bits per heavy atom. The highest BCUT2D eigenvalue weighted by atomic mass is 35.5. The van der Waals surface area contributed by atoms with E-state index in [2.05, 4.69) is 71.3 Å². The quantitative estimate of drug-likeness (QED) is 0.0866. The third kappa shape index (κ3) is 4.27. The van der Waals surface area contributed by atoms with Crippen LogP contribution in [0.4, 0.5) is 5.82 Å². The number of nitrogens with zero attached hydrogens (tertiary/aromatic N) is 1. The summed E-state index contributed by atoms with van der Waals surface area (Å²) >= 11 is 5.73. The molecule has 1 aromatic heterocycles. The minimum atomic E-state index is 0.280. The zero-order valence-electron chi connectivity index (χ0n) is 18.4. The first-order valence-electron chi connectivity index (χ1n) is 11.0. The van der Waals surface area contributed by atoms with Gasteiger partial charge in [0, 0.05) is 23.6 Å². The molecule has 0 aliphatic heterocycles. The van der Waals surface area contributed by atoms with E-state index in [-0.39, 0.29) is 6.00 Å². The summed E-state index contributed by atoms with van der Waals surface area (Å²) in [4.78, 5) is 0. The molecule has 5 nitrogen and oxygen atoms in total.